The molecule has 2 aliphatic rings. The first-order chi connectivity index (χ1) is 12.8. The summed E-state index contributed by atoms with van der Waals surface area (Å²) in [7, 11) is 0. The van der Waals surface area contributed by atoms with E-state index in [-0.39, 0.29) is 17.9 Å². The van der Waals surface area contributed by atoms with Crippen LogP contribution >= 0.6 is 0 Å². The molecule has 0 aliphatic carbocycles. The summed E-state index contributed by atoms with van der Waals surface area (Å²) in [6.07, 6.45) is 2.03. The van der Waals surface area contributed by atoms with Crippen molar-refractivity contribution < 1.29 is 13.9 Å². The Bertz CT molecular complexity index is 899. The molecule has 1 saturated heterocycles. The molecule has 1 atom stereocenters. The van der Waals surface area contributed by atoms with Gasteiger partial charge in [-0.25, -0.2) is 4.98 Å². The highest BCUT2D eigenvalue weighted by Gasteiger charge is 2.34. The lowest BCUT2D eigenvalue weighted by atomic mass is 9.96. The summed E-state index contributed by atoms with van der Waals surface area (Å²) in [5.41, 5.74) is 2.85. The van der Waals surface area contributed by atoms with Crippen LogP contribution in [0.15, 0.2) is 52.9 Å². The number of hydrogen-bond donors (Lipinski definition) is 0. The fourth-order valence-corrected chi connectivity index (χ4v) is 3.93. The number of carbonyl (C=O) groups excluding carboxylic acids is 1. The molecule has 2 aliphatic heterocycles. The highest BCUT2D eigenvalue weighted by Crippen LogP contribution is 2.32. The average Bonchev–Trinajstić information content (AvgIpc) is 3.31. The van der Waals surface area contributed by atoms with Crippen LogP contribution in [0, 0.1) is 0 Å². The number of hydrogen-bond acceptors (Lipinski definition) is 4. The van der Waals surface area contributed by atoms with Gasteiger partial charge in [0.25, 0.3) is 5.91 Å². The molecule has 26 heavy (non-hydrogen) atoms. The topological polar surface area (TPSA) is 55.6 Å². The SMILES string of the molecule is O=C(C1Cc2ccccc2O1)N1CCC(c2nc3ccccc3o2)CC1. The number of rotatable bonds is 2. The summed E-state index contributed by atoms with van der Waals surface area (Å²) in [6, 6.07) is 15.7. The molecule has 3 heterocycles. The van der Waals surface area contributed by atoms with Crippen molar-refractivity contribution in [3.8, 4) is 5.75 Å². The second-order valence-electron chi connectivity index (χ2n) is 7.04. The minimum absolute atomic E-state index is 0.0946. The summed E-state index contributed by atoms with van der Waals surface area (Å²) >= 11 is 0. The van der Waals surface area contributed by atoms with Crippen molar-refractivity contribution in [2.75, 3.05) is 13.1 Å². The van der Waals surface area contributed by atoms with Crippen molar-refractivity contribution in [2.24, 2.45) is 0 Å². The number of amides is 1. The van der Waals surface area contributed by atoms with E-state index < -0.39 is 0 Å². The van der Waals surface area contributed by atoms with Gasteiger partial charge in [0.1, 0.15) is 11.3 Å². The lowest BCUT2D eigenvalue weighted by Gasteiger charge is -2.32. The molecule has 1 unspecified atom stereocenters. The first kappa shape index (κ1) is 15.4. The van der Waals surface area contributed by atoms with E-state index in [1.165, 1.54) is 0 Å². The van der Waals surface area contributed by atoms with Crippen molar-refractivity contribution in [2.45, 2.75) is 31.3 Å². The molecular weight excluding hydrogens is 328 g/mol. The van der Waals surface area contributed by atoms with Crippen LogP contribution in [0.25, 0.3) is 11.1 Å². The van der Waals surface area contributed by atoms with E-state index in [1.807, 2.05) is 53.4 Å². The third-order valence-corrected chi connectivity index (χ3v) is 5.39. The van der Waals surface area contributed by atoms with E-state index >= 15 is 0 Å². The van der Waals surface area contributed by atoms with E-state index in [4.69, 9.17) is 9.15 Å². The van der Waals surface area contributed by atoms with E-state index in [0.717, 1.165) is 54.2 Å². The maximum Gasteiger partial charge on any atom is 0.263 e. The molecular formula is C21H20N2O3. The predicted molar refractivity (Wildman–Crippen MR) is 97.1 cm³/mol. The second kappa shape index (κ2) is 6.16. The number of carbonyl (C=O) groups is 1. The molecule has 0 radical (unpaired) electrons. The monoisotopic (exact) mass is 348 g/mol. The van der Waals surface area contributed by atoms with Gasteiger partial charge in [-0.05, 0) is 36.6 Å². The zero-order chi connectivity index (χ0) is 17.5. The molecule has 0 bridgehead atoms. The summed E-state index contributed by atoms with van der Waals surface area (Å²) in [5, 5.41) is 0. The molecule has 1 fully saturated rings. The molecule has 3 aromatic rings. The zero-order valence-corrected chi connectivity index (χ0v) is 14.4. The Balaban J connectivity index is 1.24. The van der Waals surface area contributed by atoms with Gasteiger partial charge in [-0.1, -0.05) is 30.3 Å². The van der Waals surface area contributed by atoms with Gasteiger partial charge in [0.2, 0.25) is 0 Å². The molecule has 1 amide bonds. The van der Waals surface area contributed by atoms with Gasteiger partial charge in [0, 0.05) is 25.4 Å². The Morgan fingerprint density at radius 1 is 1.04 bits per heavy atom. The second-order valence-corrected chi connectivity index (χ2v) is 7.04. The van der Waals surface area contributed by atoms with Crippen LogP contribution in [0.4, 0.5) is 0 Å². The smallest absolute Gasteiger partial charge is 0.263 e. The van der Waals surface area contributed by atoms with Crippen LogP contribution in [0.1, 0.15) is 30.2 Å². The van der Waals surface area contributed by atoms with Crippen LogP contribution < -0.4 is 4.74 Å². The number of nitrogens with zero attached hydrogens (tertiary/aromatic N) is 2. The minimum atomic E-state index is -0.381. The van der Waals surface area contributed by atoms with E-state index in [9.17, 15) is 4.79 Å². The molecule has 1 aromatic heterocycles. The molecule has 132 valence electrons. The van der Waals surface area contributed by atoms with Crippen LogP contribution in [0.3, 0.4) is 0 Å². The van der Waals surface area contributed by atoms with Crippen LogP contribution in [-0.2, 0) is 11.2 Å². The van der Waals surface area contributed by atoms with Gasteiger partial charge >= 0.3 is 0 Å². The summed E-state index contributed by atoms with van der Waals surface area (Å²) < 4.78 is 11.8. The first-order valence-electron chi connectivity index (χ1n) is 9.17. The van der Waals surface area contributed by atoms with Gasteiger partial charge in [-0.15, -0.1) is 0 Å². The lowest BCUT2D eigenvalue weighted by molar-refractivity contribution is -0.139. The molecule has 5 heteroatoms. The number of oxazole rings is 1. The Morgan fingerprint density at radius 2 is 1.81 bits per heavy atom. The summed E-state index contributed by atoms with van der Waals surface area (Å²) in [4.78, 5) is 19.4. The highest BCUT2D eigenvalue weighted by atomic mass is 16.5. The van der Waals surface area contributed by atoms with Crippen molar-refractivity contribution in [1.82, 2.24) is 9.88 Å². The summed E-state index contributed by atoms with van der Waals surface area (Å²) in [5.74, 6) is 2.00. The van der Waals surface area contributed by atoms with Crippen LogP contribution in [0.2, 0.25) is 0 Å². The number of fused-ring (bicyclic) bond motifs is 2. The zero-order valence-electron chi connectivity index (χ0n) is 14.4. The third kappa shape index (κ3) is 2.64. The number of piperidine rings is 1. The van der Waals surface area contributed by atoms with Gasteiger partial charge in [0.05, 0.1) is 0 Å². The average molecular weight is 348 g/mol. The standard InChI is InChI=1S/C21H20N2O3/c24-21(19-13-15-5-1-3-7-17(15)25-19)23-11-9-14(10-12-23)20-22-16-6-2-4-8-18(16)26-20/h1-8,14,19H,9-13H2. The normalized spacial score (nSPS) is 20.2. The quantitative estimate of drug-likeness (QED) is 0.711. The Hall–Kier alpha value is -2.82. The molecule has 0 saturated carbocycles. The van der Waals surface area contributed by atoms with Gasteiger partial charge in [-0.3, -0.25) is 4.79 Å². The molecule has 2 aromatic carbocycles. The molecule has 5 rings (SSSR count). The van der Waals surface area contributed by atoms with E-state index in [2.05, 4.69) is 4.98 Å². The Kier molecular flexibility index (Phi) is 3.66. The summed E-state index contributed by atoms with van der Waals surface area (Å²) in [6.45, 7) is 1.44. The lowest BCUT2D eigenvalue weighted by Crippen LogP contribution is -2.45. The number of benzene rings is 2. The number of aromatic nitrogens is 1. The number of ether oxygens (including phenoxy) is 1. The predicted octanol–water partition coefficient (Wildman–Crippen LogP) is 3.54. The van der Waals surface area contributed by atoms with Crippen LogP contribution in [0.5, 0.6) is 5.75 Å². The van der Waals surface area contributed by atoms with Crippen LogP contribution in [-0.4, -0.2) is 35.0 Å². The van der Waals surface area contributed by atoms with E-state index in [1.54, 1.807) is 0 Å². The highest BCUT2D eigenvalue weighted by molar-refractivity contribution is 5.82. The maximum atomic E-state index is 12.8. The Labute approximate surface area is 151 Å². The van der Waals surface area contributed by atoms with Crippen molar-refractivity contribution >= 4 is 17.0 Å². The molecule has 0 spiro atoms. The van der Waals surface area contributed by atoms with Crippen molar-refractivity contribution in [1.29, 1.82) is 0 Å². The number of likely N-dealkylation sites (tertiary alicyclic amines) is 1. The van der Waals surface area contributed by atoms with Crippen molar-refractivity contribution in [3.63, 3.8) is 0 Å². The van der Waals surface area contributed by atoms with Gasteiger partial charge in [0.15, 0.2) is 17.6 Å². The van der Waals surface area contributed by atoms with Gasteiger partial charge < -0.3 is 14.1 Å². The maximum absolute atomic E-state index is 12.8. The van der Waals surface area contributed by atoms with E-state index in [0.29, 0.717) is 6.42 Å². The van der Waals surface area contributed by atoms with Gasteiger partial charge in [-0.2, -0.15) is 0 Å². The fraction of sp³-hybridized carbons (Fsp3) is 0.333. The number of para-hydroxylation sites is 3. The third-order valence-electron chi connectivity index (χ3n) is 5.39. The first-order valence-corrected chi connectivity index (χ1v) is 9.17. The molecule has 5 nitrogen and oxygen atoms in total. The van der Waals surface area contributed by atoms with Crippen molar-refractivity contribution in [3.05, 3.63) is 60.0 Å². The minimum Gasteiger partial charge on any atom is -0.480 e. The molecule has 0 N–H and O–H groups in total. The Morgan fingerprint density at radius 3 is 2.62 bits per heavy atom. The largest absolute Gasteiger partial charge is 0.480 e. The fourth-order valence-electron chi connectivity index (χ4n) is 3.93.